The standard InChI is InChI=1S/C13H24N2O3/c16-11(9-18-12-3-1-2-4-12)8-14-7-10-5-6-13(17)15-10/h10-12,14,16H,1-9H2,(H,15,17). The second kappa shape index (κ2) is 7.07. The number of rotatable bonds is 7. The number of amides is 1. The van der Waals surface area contributed by atoms with Crippen molar-refractivity contribution in [2.24, 2.45) is 0 Å². The van der Waals surface area contributed by atoms with E-state index in [2.05, 4.69) is 10.6 Å². The zero-order valence-corrected chi connectivity index (χ0v) is 10.9. The van der Waals surface area contributed by atoms with E-state index in [0.29, 0.717) is 25.7 Å². The molecule has 1 aliphatic heterocycles. The first-order chi connectivity index (χ1) is 8.74. The van der Waals surface area contributed by atoms with Crippen LogP contribution in [0.25, 0.3) is 0 Å². The number of hydrogen-bond acceptors (Lipinski definition) is 4. The summed E-state index contributed by atoms with van der Waals surface area (Å²) in [4.78, 5) is 11.0. The summed E-state index contributed by atoms with van der Waals surface area (Å²) in [5.74, 6) is 0.131. The van der Waals surface area contributed by atoms with E-state index in [9.17, 15) is 9.90 Å². The Bertz CT molecular complexity index is 267. The van der Waals surface area contributed by atoms with Crippen molar-refractivity contribution < 1.29 is 14.6 Å². The predicted molar refractivity (Wildman–Crippen MR) is 68.2 cm³/mol. The Morgan fingerprint density at radius 3 is 2.83 bits per heavy atom. The van der Waals surface area contributed by atoms with Gasteiger partial charge in [-0.1, -0.05) is 12.8 Å². The van der Waals surface area contributed by atoms with Crippen molar-refractivity contribution in [3.05, 3.63) is 0 Å². The molecule has 5 heteroatoms. The van der Waals surface area contributed by atoms with E-state index in [1.54, 1.807) is 0 Å². The minimum Gasteiger partial charge on any atom is -0.389 e. The van der Waals surface area contributed by atoms with Crippen LogP contribution in [0.1, 0.15) is 38.5 Å². The third-order valence-corrected chi connectivity index (χ3v) is 3.68. The van der Waals surface area contributed by atoms with Crippen molar-refractivity contribution in [2.75, 3.05) is 19.7 Å². The molecular weight excluding hydrogens is 232 g/mol. The van der Waals surface area contributed by atoms with E-state index in [1.165, 1.54) is 12.8 Å². The molecule has 1 heterocycles. The smallest absolute Gasteiger partial charge is 0.220 e. The SMILES string of the molecule is O=C1CCC(CNCC(O)COC2CCCC2)N1. The van der Waals surface area contributed by atoms with Gasteiger partial charge in [0.25, 0.3) is 0 Å². The van der Waals surface area contributed by atoms with Crippen molar-refractivity contribution in [2.45, 2.75) is 56.8 Å². The maximum absolute atomic E-state index is 11.0. The first kappa shape index (κ1) is 13.8. The molecule has 0 radical (unpaired) electrons. The Balaban J connectivity index is 1.49. The molecule has 1 aliphatic carbocycles. The van der Waals surface area contributed by atoms with Gasteiger partial charge in [0.15, 0.2) is 0 Å². The van der Waals surface area contributed by atoms with Crippen molar-refractivity contribution >= 4 is 5.91 Å². The summed E-state index contributed by atoms with van der Waals surface area (Å²) >= 11 is 0. The maximum atomic E-state index is 11.0. The molecule has 1 amide bonds. The number of hydrogen-bond donors (Lipinski definition) is 3. The molecule has 0 bridgehead atoms. The van der Waals surface area contributed by atoms with E-state index < -0.39 is 6.10 Å². The summed E-state index contributed by atoms with van der Waals surface area (Å²) in [5, 5.41) is 15.8. The zero-order chi connectivity index (χ0) is 12.8. The summed E-state index contributed by atoms with van der Waals surface area (Å²) in [7, 11) is 0. The van der Waals surface area contributed by atoms with Crippen LogP contribution < -0.4 is 10.6 Å². The van der Waals surface area contributed by atoms with Gasteiger partial charge in [-0.25, -0.2) is 0 Å². The molecule has 104 valence electrons. The van der Waals surface area contributed by atoms with E-state index in [4.69, 9.17) is 4.74 Å². The molecule has 0 aromatic rings. The molecule has 0 spiro atoms. The first-order valence-corrected chi connectivity index (χ1v) is 7.04. The molecule has 18 heavy (non-hydrogen) atoms. The average Bonchev–Trinajstić information content (AvgIpc) is 2.98. The third-order valence-electron chi connectivity index (χ3n) is 3.68. The second-order valence-corrected chi connectivity index (χ2v) is 5.35. The van der Waals surface area contributed by atoms with Crippen LogP contribution in [0.5, 0.6) is 0 Å². The molecule has 2 rings (SSSR count). The Labute approximate surface area is 108 Å². The highest BCUT2D eigenvalue weighted by molar-refractivity contribution is 5.78. The molecule has 2 aliphatic rings. The summed E-state index contributed by atoms with van der Waals surface area (Å²) < 4.78 is 5.64. The van der Waals surface area contributed by atoms with Gasteiger partial charge in [0.1, 0.15) is 0 Å². The minimum absolute atomic E-state index is 0.131. The fourth-order valence-electron chi connectivity index (χ4n) is 2.62. The van der Waals surface area contributed by atoms with Gasteiger partial charge in [0.2, 0.25) is 5.91 Å². The minimum atomic E-state index is -0.456. The highest BCUT2D eigenvalue weighted by Gasteiger charge is 2.20. The third kappa shape index (κ3) is 4.55. The second-order valence-electron chi connectivity index (χ2n) is 5.35. The largest absolute Gasteiger partial charge is 0.389 e. The van der Waals surface area contributed by atoms with E-state index >= 15 is 0 Å². The van der Waals surface area contributed by atoms with Gasteiger partial charge < -0.3 is 20.5 Å². The number of carbonyl (C=O) groups excluding carboxylic acids is 1. The Morgan fingerprint density at radius 2 is 2.17 bits per heavy atom. The van der Waals surface area contributed by atoms with Crippen LogP contribution in [0.15, 0.2) is 0 Å². The topological polar surface area (TPSA) is 70.6 Å². The first-order valence-electron chi connectivity index (χ1n) is 7.04. The molecule has 1 saturated carbocycles. The molecule has 5 nitrogen and oxygen atoms in total. The van der Waals surface area contributed by atoms with Gasteiger partial charge in [0, 0.05) is 25.6 Å². The van der Waals surface area contributed by atoms with Crippen molar-refractivity contribution in [3.63, 3.8) is 0 Å². The quantitative estimate of drug-likeness (QED) is 0.607. The fraction of sp³-hybridized carbons (Fsp3) is 0.923. The zero-order valence-electron chi connectivity index (χ0n) is 10.9. The molecule has 2 unspecified atom stereocenters. The van der Waals surface area contributed by atoms with E-state index in [1.807, 2.05) is 0 Å². The summed E-state index contributed by atoms with van der Waals surface area (Å²) in [6.45, 7) is 1.67. The van der Waals surface area contributed by atoms with Crippen LogP contribution in [-0.4, -0.2) is 49.0 Å². The number of nitrogens with one attached hydrogen (secondary N) is 2. The molecule has 2 fully saturated rings. The molecule has 2 atom stereocenters. The molecular formula is C13H24N2O3. The highest BCUT2D eigenvalue weighted by atomic mass is 16.5. The van der Waals surface area contributed by atoms with Gasteiger partial charge in [-0.15, -0.1) is 0 Å². The van der Waals surface area contributed by atoms with Crippen molar-refractivity contribution in [1.82, 2.24) is 10.6 Å². The Hall–Kier alpha value is -0.650. The van der Waals surface area contributed by atoms with Gasteiger partial charge in [-0.2, -0.15) is 0 Å². The average molecular weight is 256 g/mol. The number of carbonyl (C=O) groups is 1. The lowest BCUT2D eigenvalue weighted by Crippen LogP contribution is -2.40. The van der Waals surface area contributed by atoms with E-state index in [0.717, 1.165) is 25.8 Å². The summed E-state index contributed by atoms with van der Waals surface area (Å²) in [6, 6.07) is 0.223. The Kier molecular flexibility index (Phi) is 5.41. The van der Waals surface area contributed by atoms with Crippen LogP contribution in [-0.2, 0) is 9.53 Å². The molecule has 1 saturated heterocycles. The van der Waals surface area contributed by atoms with Crippen molar-refractivity contribution in [1.29, 1.82) is 0 Å². The van der Waals surface area contributed by atoms with Crippen LogP contribution in [0.2, 0.25) is 0 Å². The molecule has 3 N–H and O–H groups in total. The number of ether oxygens (including phenoxy) is 1. The Morgan fingerprint density at radius 1 is 1.39 bits per heavy atom. The summed E-state index contributed by atoms with van der Waals surface area (Å²) in [6.07, 6.45) is 6.18. The van der Waals surface area contributed by atoms with Crippen LogP contribution in [0.3, 0.4) is 0 Å². The lowest BCUT2D eigenvalue weighted by atomic mass is 10.2. The fourth-order valence-corrected chi connectivity index (χ4v) is 2.62. The van der Waals surface area contributed by atoms with Gasteiger partial charge in [-0.05, 0) is 19.3 Å². The van der Waals surface area contributed by atoms with E-state index in [-0.39, 0.29) is 11.9 Å². The maximum Gasteiger partial charge on any atom is 0.220 e. The van der Waals surface area contributed by atoms with Crippen LogP contribution >= 0.6 is 0 Å². The summed E-state index contributed by atoms with van der Waals surface area (Å²) in [5.41, 5.74) is 0. The molecule has 0 aromatic heterocycles. The predicted octanol–water partition coefficient (Wildman–Crippen LogP) is 0.175. The van der Waals surface area contributed by atoms with Crippen LogP contribution in [0.4, 0.5) is 0 Å². The van der Waals surface area contributed by atoms with Gasteiger partial charge in [-0.3, -0.25) is 4.79 Å². The molecule has 0 aromatic carbocycles. The van der Waals surface area contributed by atoms with Crippen LogP contribution in [0, 0.1) is 0 Å². The number of aliphatic hydroxyl groups excluding tert-OH is 1. The normalized spacial score (nSPS) is 26.5. The van der Waals surface area contributed by atoms with Gasteiger partial charge >= 0.3 is 0 Å². The monoisotopic (exact) mass is 256 g/mol. The van der Waals surface area contributed by atoms with Gasteiger partial charge in [0.05, 0.1) is 18.8 Å². The number of aliphatic hydroxyl groups is 1. The lowest BCUT2D eigenvalue weighted by Gasteiger charge is -2.17. The van der Waals surface area contributed by atoms with Crippen molar-refractivity contribution in [3.8, 4) is 0 Å². The lowest BCUT2D eigenvalue weighted by molar-refractivity contribution is -0.119. The highest BCUT2D eigenvalue weighted by Crippen LogP contribution is 2.20.